The topological polar surface area (TPSA) is 82.6 Å². The van der Waals surface area contributed by atoms with Gasteiger partial charge in [0.25, 0.3) is 11.8 Å². The second-order valence-electron chi connectivity index (χ2n) is 11.5. The van der Waals surface area contributed by atoms with Crippen LogP contribution in [0.4, 0.5) is 10.1 Å². The molecular weight excluding hydrogens is 575 g/mol. The Morgan fingerprint density at radius 3 is 2.41 bits per heavy atom. The first-order valence-electron chi connectivity index (χ1n) is 15.1. The highest BCUT2D eigenvalue weighted by Gasteiger charge is 2.31. The van der Waals surface area contributed by atoms with Crippen LogP contribution in [0.25, 0.3) is 21.6 Å². The van der Waals surface area contributed by atoms with Gasteiger partial charge in [-0.3, -0.25) is 14.4 Å². The van der Waals surface area contributed by atoms with Crippen LogP contribution in [0.3, 0.4) is 0 Å². The van der Waals surface area contributed by atoms with Crippen LogP contribution in [0.1, 0.15) is 63.5 Å². The molecule has 9 heteroatoms. The summed E-state index contributed by atoms with van der Waals surface area (Å²) in [6.45, 7) is 5.60. The number of amides is 3. The summed E-state index contributed by atoms with van der Waals surface area (Å²) < 4.78 is 13.5. The average Bonchev–Trinajstić information content (AvgIpc) is 3.65. The minimum atomic E-state index is -0.329. The minimum absolute atomic E-state index is 0.147. The number of hydrogen-bond acceptors (Lipinski definition) is 5. The van der Waals surface area contributed by atoms with Crippen LogP contribution in [0, 0.1) is 19.7 Å². The number of halogens is 1. The third-order valence-corrected chi connectivity index (χ3v) is 9.50. The maximum Gasteiger partial charge on any atom is 0.274 e. The Bertz CT molecular complexity index is 1700. The number of carbonyl (C=O) groups is 3. The Labute approximate surface area is 260 Å². The maximum atomic E-state index is 13.8. The smallest absolute Gasteiger partial charge is 0.274 e. The lowest BCUT2D eigenvalue weighted by atomic mass is 9.98. The van der Waals surface area contributed by atoms with E-state index in [0.717, 1.165) is 70.1 Å². The summed E-state index contributed by atoms with van der Waals surface area (Å²) in [7, 11) is 0. The Hall–Kier alpha value is -4.37. The summed E-state index contributed by atoms with van der Waals surface area (Å²) in [4.78, 5) is 48.0. The first-order chi connectivity index (χ1) is 21.3. The predicted octanol–water partition coefficient (Wildman–Crippen LogP) is 6.78. The van der Waals surface area contributed by atoms with E-state index in [9.17, 15) is 18.8 Å². The molecule has 0 aliphatic carbocycles. The highest BCUT2D eigenvalue weighted by Crippen LogP contribution is 2.33. The molecule has 3 amide bonds. The largest absolute Gasteiger partial charge is 0.350 e. The zero-order valence-electron chi connectivity index (χ0n) is 24.9. The van der Waals surface area contributed by atoms with E-state index in [0.29, 0.717) is 30.8 Å². The van der Waals surface area contributed by atoms with Crippen LogP contribution in [0.15, 0.2) is 66.7 Å². The van der Waals surface area contributed by atoms with Crippen molar-refractivity contribution in [3.05, 3.63) is 94.4 Å². The standard InChI is InChI=1S/C35H35FN4O3S/c1-22-20-28(39-19-5-7-31(39)41)16-17-30(22)24-8-10-26(11-9-24)34(42)37-21-29-6-3-4-18-40(29)35(43)32-33(44-23(2)38-32)25-12-14-27(36)15-13-25/h8-17,20,29H,3-7,18-19,21H2,1-2H3,(H,37,42)/t29-/m0/s1. The van der Waals surface area contributed by atoms with E-state index in [-0.39, 0.29) is 29.6 Å². The van der Waals surface area contributed by atoms with Crippen LogP contribution in [-0.2, 0) is 4.79 Å². The molecule has 0 saturated carbocycles. The van der Waals surface area contributed by atoms with Gasteiger partial charge in [-0.2, -0.15) is 0 Å². The third-order valence-electron chi connectivity index (χ3n) is 8.48. The molecule has 2 saturated heterocycles. The number of likely N-dealkylation sites (tertiary alicyclic amines) is 1. The minimum Gasteiger partial charge on any atom is -0.350 e. The van der Waals surface area contributed by atoms with Gasteiger partial charge in [0, 0.05) is 43.3 Å². The van der Waals surface area contributed by atoms with Crippen LogP contribution in [0.5, 0.6) is 0 Å². The van der Waals surface area contributed by atoms with Crippen LogP contribution >= 0.6 is 11.3 Å². The van der Waals surface area contributed by atoms with Crippen molar-refractivity contribution in [1.29, 1.82) is 0 Å². The summed E-state index contributed by atoms with van der Waals surface area (Å²) in [5.74, 6) is -0.510. The maximum absolute atomic E-state index is 13.8. The van der Waals surface area contributed by atoms with Gasteiger partial charge in [-0.05, 0) is 98.2 Å². The van der Waals surface area contributed by atoms with E-state index >= 15 is 0 Å². The van der Waals surface area contributed by atoms with E-state index in [2.05, 4.69) is 10.3 Å². The lowest BCUT2D eigenvalue weighted by Crippen LogP contribution is -2.49. The molecule has 44 heavy (non-hydrogen) atoms. The molecule has 2 aliphatic rings. The molecule has 7 nitrogen and oxygen atoms in total. The van der Waals surface area contributed by atoms with E-state index in [4.69, 9.17) is 0 Å². The van der Waals surface area contributed by atoms with Gasteiger partial charge in [-0.1, -0.05) is 30.3 Å². The van der Waals surface area contributed by atoms with Crippen molar-refractivity contribution in [2.45, 2.75) is 52.0 Å². The van der Waals surface area contributed by atoms with Gasteiger partial charge in [0.2, 0.25) is 5.91 Å². The lowest BCUT2D eigenvalue weighted by molar-refractivity contribution is -0.117. The summed E-state index contributed by atoms with van der Waals surface area (Å²) in [6, 6.07) is 19.6. The van der Waals surface area contributed by atoms with Crippen LogP contribution in [0.2, 0.25) is 0 Å². The van der Waals surface area contributed by atoms with Crippen molar-refractivity contribution in [2.75, 3.05) is 24.5 Å². The van der Waals surface area contributed by atoms with Crippen molar-refractivity contribution in [3.8, 4) is 21.6 Å². The van der Waals surface area contributed by atoms with Gasteiger partial charge in [-0.15, -0.1) is 11.3 Å². The molecule has 6 rings (SSSR count). The molecule has 4 aromatic rings. The second kappa shape index (κ2) is 12.7. The van der Waals surface area contributed by atoms with Gasteiger partial charge >= 0.3 is 0 Å². The molecule has 0 unspecified atom stereocenters. The predicted molar refractivity (Wildman–Crippen MR) is 171 cm³/mol. The normalized spacial score (nSPS) is 16.8. The van der Waals surface area contributed by atoms with Crippen molar-refractivity contribution in [3.63, 3.8) is 0 Å². The zero-order chi connectivity index (χ0) is 30.8. The van der Waals surface area contributed by atoms with Crippen LogP contribution in [-0.4, -0.2) is 53.3 Å². The molecule has 226 valence electrons. The molecule has 1 aromatic heterocycles. The number of rotatable bonds is 7. The van der Waals surface area contributed by atoms with E-state index in [1.165, 1.54) is 23.5 Å². The number of anilines is 1. The first-order valence-corrected chi connectivity index (χ1v) is 15.9. The number of hydrogen-bond donors (Lipinski definition) is 1. The molecule has 3 heterocycles. The van der Waals surface area contributed by atoms with Gasteiger partial charge in [-0.25, -0.2) is 9.37 Å². The molecular formula is C35H35FN4O3S. The van der Waals surface area contributed by atoms with E-state index < -0.39 is 0 Å². The molecule has 0 radical (unpaired) electrons. The summed E-state index contributed by atoms with van der Waals surface area (Å²) >= 11 is 1.42. The number of piperidine rings is 1. The third kappa shape index (κ3) is 6.15. The molecule has 2 aliphatic heterocycles. The Balaban J connectivity index is 1.12. The number of carbonyl (C=O) groups excluding carboxylic acids is 3. The van der Waals surface area contributed by atoms with Gasteiger partial charge in [0.15, 0.2) is 0 Å². The molecule has 3 aromatic carbocycles. The fourth-order valence-electron chi connectivity index (χ4n) is 6.16. The van der Waals surface area contributed by atoms with Crippen molar-refractivity contribution in [2.24, 2.45) is 0 Å². The Kier molecular flexibility index (Phi) is 8.57. The number of aromatic nitrogens is 1. The SMILES string of the molecule is Cc1nc(C(=O)N2CCCC[C@H]2CNC(=O)c2ccc(-c3ccc(N4CCCC4=O)cc3C)cc2)c(-c2ccc(F)cc2)s1. The Morgan fingerprint density at radius 1 is 0.955 bits per heavy atom. The Morgan fingerprint density at radius 2 is 1.70 bits per heavy atom. The summed E-state index contributed by atoms with van der Waals surface area (Å²) in [5, 5.41) is 3.82. The van der Waals surface area contributed by atoms with E-state index in [1.54, 1.807) is 12.1 Å². The van der Waals surface area contributed by atoms with Gasteiger partial charge < -0.3 is 15.1 Å². The molecule has 1 N–H and O–H groups in total. The fraction of sp³-hybridized carbons (Fsp3) is 0.314. The molecule has 0 spiro atoms. The number of thiazole rings is 1. The summed E-state index contributed by atoms with van der Waals surface area (Å²) in [6.07, 6.45) is 4.15. The molecule has 1 atom stereocenters. The van der Waals surface area contributed by atoms with Crippen molar-refractivity contribution in [1.82, 2.24) is 15.2 Å². The molecule has 0 bridgehead atoms. The number of aryl methyl sites for hydroxylation is 2. The monoisotopic (exact) mass is 610 g/mol. The van der Waals surface area contributed by atoms with Gasteiger partial charge in [0.1, 0.15) is 11.5 Å². The van der Waals surface area contributed by atoms with Crippen molar-refractivity contribution < 1.29 is 18.8 Å². The quantitative estimate of drug-likeness (QED) is 0.250. The van der Waals surface area contributed by atoms with Crippen LogP contribution < -0.4 is 10.2 Å². The number of benzene rings is 3. The average molecular weight is 611 g/mol. The first kappa shape index (κ1) is 29.7. The highest BCUT2D eigenvalue weighted by atomic mass is 32.1. The lowest BCUT2D eigenvalue weighted by Gasteiger charge is -2.35. The van der Waals surface area contributed by atoms with Crippen molar-refractivity contribution >= 4 is 34.7 Å². The highest BCUT2D eigenvalue weighted by molar-refractivity contribution is 7.15. The zero-order valence-corrected chi connectivity index (χ0v) is 25.8. The number of nitrogens with zero attached hydrogens (tertiary/aromatic N) is 3. The number of nitrogens with one attached hydrogen (secondary N) is 1. The van der Waals surface area contributed by atoms with Gasteiger partial charge in [0.05, 0.1) is 9.88 Å². The molecule has 2 fully saturated rings. The second-order valence-corrected chi connectivity index (χ2v) is 12.7. The van der Waals surface area contributed by atoms with E-state index in [1.807, 2.05) is 66.1 Å². The fourth-order valence-corrected chi connectivity index (χ4v) is 7.08. The summed E-state index contributed by atoms with van der Waals surface area (Å²) in [5.41, 5.74) is 5.74.